The van der Waals surface area contributed by atoms with Gasteiger partial charge in [0.1, 0.15) is 0 Å². The van der Waals surface area contributed by atoms with E-state index in [9.17, 15) is 4.79 Å². The Kier molecular flexibility index (Phi) is 4.29. The fourth-order valence-corrected chi connectivity index (χ4v) is 2.70. The maximum atomic E-state index is 12.6. The number of anilines is 1. The molecule has 0 atom stereocenters. The van der Waals surface area contributed by atoms with Crippen LogP contribution in [-0.4, -0.2) is 10.5 Å². The molecule has 1 aromatic heterocycles. The molecule has 23 heavy (non-hydrogen) atoms. The van der Waals surface area contributed by atoms with Crippen LogP contribution in [0.15, 0.2) is 67.0 Å². The van der Waals surface area contributed by atoms with Crippen molar-refractivity contribution in [2.45, 2.75) is 20.3 Å². The first kappa shape index (κ1) is 15.1. The number of para-hydroxylation sites is 1. The van der Waals surface area contributed by atoms with E-state index in [1.165, 1.54) is 0 Å². The van der Waals surface area contributed by atoms with E-state index in [2.05, 4.69) is 18.3 Å². The monoisotopic (exact) mass is 304 g/mol. The third-order valence-electron chi connectivity index (χ3n) is 3.99. The number of carbonyl (C=O) groups excluding carboxylic acids is 1. The van der Waals surface area contributed by atoms with Crippen LogP contribution in [0, 0.1) is 6.92 Å². The maximum Gasteiger partial charge on any atom is 0.255 e. The summed E-state index contributed by atoms with van der Waals surface area (Å²) in [6, 6.07) is 17.7. The fraction of sp³-hybridized carbons (Fsp3) is 0.150. The second-order valence-corrected chi connectivity index (χ2v) is 5.56. The quantitative estimate of drug-likeness (QED) is 0.751. The van der Waals surface area contributed by atoms with E-state index in [-0.39, 0.29) is 5.91 Å². The lowest BCUT2D eigenvalue weighted by Gasteiger charge is -2.13. The van der Waals surface area contributed by atoms with Crippen LogP contribution in [0.5, 0.6) is 0 Å². The highest BCUT2D eigenvalue weighted by Gasteiger charge is 2.11. The smallest absolute Gasteiger partial charge is 0.255 e. The number of aromatic nitrogens is 1. The van der Waals surface area contributed by atoms with E-state index in [0.717, 1.165) is 28.9 Å². The summed E-state index contributed by atoms with van der Waals surface area (Å²) in [7, 11) is 0. The van der Waals surface area contributed by atoms with Gasteiger partial charge < -0.3 is 9.88 Å². The predicted molar refractivity (Wildman–Crippen MR) is 94.3 cm³/mol. The van der Waals surface area contributed by atoms with E-state index in [0.29, 0.717) is 5.56 Å². The zero-order chi connectivity index (χ0) is 16.2. The van der Waals surface area contributed by atoms with Crippen molar-refractivity contribution >= 4 is 11.6 Å². The summed E-state index contributed by atoms with van der Waals surface area (Å²) in [6.45, 7) is 4.11. The second kappa shape index (κ2) is 6.53. The highest BCUT2D eigenvalue weighted by atomic mass is 16.1. The van der Waals surface area contributed by atoms with Crippen LogP contribution >= 0.6 is 0 Å². The molecular weight excluding hydrogens is 284 g/mol. The van der Waals surface area contributed by atoms with Gasteiger partial charge in [0, 0.05) is 29.3 Å². The lowest BCUT2D eigenvalue weighted by atomic mass is 10.1. The Hall–Kier alpha value is -2.81. The van der Waals surface area contributed by atoms with Crippen LogP contribution in [0.25, 0.3) is 5.69 Å². The molecule has 3 nitrogen and oxygen atoms in total. The van der Waals surface area contributed by atoms with E-state index in [4.69, 9.17) is 0 Å². The molecule has 0 aliphatic heterocycles. The zero-order valence-electron chi connectivity index (χ0n) is 13.4. The topological polar surface area (TPSA) is 34.0 Å². The molecule has 0 aliphatic rings. The highest BCUT2D eigenvalue weighted by Crippen LogP contribution is 2.22. The van der Waals surface area contributed by atoms with Gasteiger partial charge in [-0.3, -0.25) is 4.79 Å². The lowest BCUT2D eigenvalue weighted by Crippen LogP contribution is -2.14. The summed E-state index contributed by atoms with van der Waals surface area (Å²) in [4.78, 5) is 12.6. The normalized spacial score (nSPS) is 10.5. The number of hydrogen-bond acceptors (Lipinski definition) is 1. The average molecular weight is 304 g/mol. The van der Waals surface area contributed by atoms with Gasteiger partial charge in [-0.1, -0.05) is 31.2 Å². The SMILES string of the molecule is CCc1cccc(C)c1NC(=O)c1cccc(-n2cccc2)c1. The van der Waals surface area contributed by atoms with E-state index in [1.54, 1.807) is 0 Å². The molecule has 0 spiro atoms. The minimum atomic E-state index is -0.0805. The summed E-state index contributed by atoms with van der Waals surface area (Å²) in [5, 5.41) is 3.07. The maximum absolute atomic E-state index is 12.6. The van der Waals surface area contributed by atoms with Gasteiger partial charge in [-0.25, -0.2) is 0 Å². The van der Waals surface area contributed by atoms with Gasteiger partial charge in [-0.2, -0.15) is 0 Å². The first-order valence-corrected chi connectivity index (χ1v) is 7.82. The van der Waals surface area contributed by atoms with Crippen LogP contribution in [0.4, 0.5) is 5.69 Å². The molecule has 116 valence electrons. The molecular formula is C20H20N2O. The van der Waals surface area contributed by atoms with Gasteiger partial charge in [0.15, 0.2) is 0 Å². The van der Waals surface area contributed by atoms with Crippen LogP contribution in [0.2, 0.25) is 0 Å². The van der Waals surface area contributed by atoms with Crippen molar-refractivity contribution in [1.82, 2.24) is 4.57 Å². The van der Waals surface area contributed by atoms with Gasteiger partial charge in [-0.15, -0.1) is 0 Å². The minimum absolute atomic E-state index is 0.0805. The zero-order valence-corrected chi connectivity index (χ0v) is 13.4. The summed E-state index contributed by atoms with van der Waals surface area (Å²) in [5.41, 5.74) is 4.79. The Morgan fingerprint density at radius 3 is 2.52 bits per heavy atom. The van der Waals surface area contributed by atoms with Crippen LogP contribution in [-0.2, 0) is 6.42 Å². The molecule has 1 amide bonds. The van der Waals surface area contributed by atoms with Crippen molar-refractivity contribution < 1.29 is 4.79 Å². The second-order valence-electron chi connectivity index (χ2n) is 5.56. The van der Waals surface area contributed by atoms with Crippen molar-refractivity contribution in [3.05, 3.63) is 83.7 Å². The van der Waals surface area contributed by atoms with Crippen LogP contribution in [0.3, 0.4) is 0 Å². The number of nitrogens with one attached hydrogen (secondary N) is 1. The number of benzene rings is 2. The molecule has 0 saturated carbocycles. The molecule has 1 heterocycles. The van der Waals surface area contributed by atoms with Gasteiger partial charge in [0.2, 0.25) is 0 Å². The van der Waals surface area contributed by atoms with Gasteiger partial charge >= 0.3 is 0 Å². The summed E-state index contributed by atoms with van der Waals surface area (Å²) < 4.78 is 1.99. The molecule has 1 N–H and O–H groups in total. The molecule has 0 bridgehead atoms. The third-order valence-corrected chi connectivity index (χ3v) is 3.99. The summed E-state index contributed by atoms with van der Waals surface area (Å²) >= 11 is 0. The Morgan fingerprint density at radius 1 is 1.04 bits per heavy atom. The molecule has 0 aliphatic carbocycles. The lowest BCUT2D eigenvalue weighted by molar-refractivity contribution is 0.102. The van der Waals surface area contributed by atoms with Crippen LogP contribution in [0.1, 0.15) is 28.4 Å². The number of rotatable bonds is 4. The third kappa shape index (κ3) is 3.19. The van der Waals surface area contributed by atoms with E-state index < -0.39 is 0 Å². The number of aryl methyl sites for hydroxylation is 2. The van der Waals surface area contributed by atoms with Crippen molar-refractivity contribution in [2.24, 2.45) is 0 Å². The molecule has 3 aromatic rings. The first-order valence-electron chi connectivity index (χ1n) is 7.82. The van der Waals surface area contributed by atoms with Crippen molar-refractivity contribution in [2.75, 3.05) is 5.32 Å². The number of nitrogens with zero attached hydrogens (tertiary/aromatic N) is 1. The summed E-state index contributed by atoms with van der Waals surface area (Å²) in [6.07, 6.45) is 4.82. The number of amides is 1. The van der Waals surface area contributed by atoms with Crippen LogP contribution < -0.4 is 5.32 Å². The first-order chi connectivity index (χ1) is 11.2. The van der Waals surface area contributed by atoms with Gasteiger partial charge in [0.25, 0.3) is 5.91 Å². The van der Waals surface area contributed by atoms with Crippen molar-refractivity contribution in [1.29, 1.82) is 0 Å². The Bertz CT molecular complexity index is 819. The molecule has 0 unspecified atom stereocenters. The standard InChI is InChI=1S/C20H20N2O/c1-3-16-9-6-8-15(2)19(16)21-20(23)17-10-7-11-18(14-17)22-12-4-5-13-22/h4-14H,3H2,1-2H3,(H,21,23). The fourth-order valence-electron chi connectivity index (χ4n) is 2.70. The predicted octanol–water partition coefficient (Wildman–Crippen LogP) is 4.60. The van der Waals surface area contributed by atoms with Gasteiger partial charge in [-0.05, 0) is 54.8 Å². The van der Waals surface area contributed by atoms with E-state index in [1.807, 2.05) is 72.4 Å². The molecule has 0 radical (unpaired) electrons. The Labute approximate surface area is 136 Å². The summed E-state index contributed by atoms with van der Waals surface area (Å²) in [5.74, 6) is -0.0805. The molecule has 0 saturated heterocycles. The number of hydrogen-bond donors (Lipinski definition) is 1. The highest BCUT2D eigenvalue weighted by molar-refractivity contribution is 6.05. The molecule has 2 aromatic carbocycles. The van der Waals surface area contributed by atoms with Crippen molar-refractivity contribution in [3.8, 4) is 5.69 Å². The Morgan fingerprint density at radius 2 is 1.78 bits per heavy atom. The largest absolute Gasteiger partial charge is 0.324 e. The Balaban J connectivity index is 1.89. The minimum Gasteiger partial charge on any atom is -0.324 e. The van der Waals surface area contributed by atoms with Gasteiger partial charge in [0.05, 0.1) is 0 Å². The average Bonchev–Trinajstić information content (AvgIpc) is 3.11. The molecule has 3 rings (SSSR count). The number of carbonyl (C=O) groups is 1. The molecule has 0 fully saturated rings. The van der Waals surface area contributed by atoms with E-state index >= 15 is 0 Å². The van der Waals surface area contributed by atoms with Crippen molar-refractivity contribution in [3.63, 3.8) is 0 Å². The molecule has 3 heteroatoms.